The highest BCUT2D eigenvalue weighted by Gasteiger charge is 2.53. The molecule has 5 rings (SSSR count). The van der Waals surface area contributed by atoms with E-state index in [2.05, 4.69) is 34.5 Å². The summed E-state index contributed by atoms with van der Waals surface area (Å²) in [6, 6.07) is 16.6. The number of para-hydroxylation sites is 1. The zero-order valence-corrected chi connectivity index (χ0v) is 19.4. The van der Waals surface area contributed by atoms with Crippen molar-refractivity contribution in [1.82, 2.24) is 10.2 Å². The molecule has 3 aliphatic heterocycles. The van der Waals surface area contributed by atoms with E-state index in [0.717, 1.165) is 43.7 Å². The predicted molar refractivity (Wildman–Crippen MR) is 129 cm³/mol. The van der Waals surface area contributed by atoms with Crippen molar-refractivity contribution in [2.45, 2.75) is 50.0 Å². The Labute approximate surface area is 195 Å². The Balaban J connectivity index is 1.27. The first kappa shape index (κ1) is 21.8. The van der Waals surface area contributed by atoms with Gasteiger partial charge in [-0.2, -0.15) is 0 Å². The molecular formula is C27H33N3O3. The molecule has 0 radical (unpaired) electrons. The first-order valence-corrected chi connectivity index (χ1v) is 12.2. The quantitative estimate of drug-likeness (QED) is 0.662. The third-order valence-corrected chi connectivity index (χ3v) is 7.63. The SMILES string of the molecule is COc1cccc([C@]2(C(=O)NCCCN3CCCc4ccccc43)C[C@@H]3CCC(=O)N3C2)c1. The maximum absolute atomic E-state index is 13.7. The Morgan fingerprint density at radius 1 is 1.18 bits per heavy atom. The summed E-state index contributed by atoms with van der Waals surface area (Å²) in [4.78, 5) is 30.4. The third-order valence-electron chi connectivity index (χ3n) is 7.63. The zero-order chi connectivity index (χ0) is 22.8. The average Bonchev–Trinajstić information content (AvgIpc) is 3.41. The van der Waals surface area contributed by atoms with E-state index in [1.54, 1.807) is 7.11 Å². The summed E-state index contributed by atoms with van der Waals surface area (Å²) < 4.78 is 5.43. The molecule has 2 aromatic rings. The fourth-order valence-electron chi connectivity index (χ4n) is 5.89. The number of fused-ring (bicyclic) bond motifs is 2. The van der Waals surface area contributed by atoms with Crippen LogP contribution < -0.4 is 15.0 Å². The van der Waals surface area contributed by atoms with Crippen molar-refractivity contribution in [3.63, 3.8) is 0 Å². The smallest absolute Gasteiger partial charge is 0.232 e. The van der Waals surface area contributed by atoms with Crippen LogP contribution in [0.3, 0.4) is 0 Å². The van der Waals surface area contributed by atoms with Crippen molar-refractivity contribution in [3.8, 4) is 5.75 Å². The summed E-state index contributed by atoms with van der Waals surface area (Å²) in [5.74, 6) is 0.931. The lowest BCUT2D eigenvalue weighted by Crippen LogP contribution is -2.47. The number of carbonyl (C=O) groups excluding carboxylic acids is 2. The van der Waals surface area contributed by atoms with Gasteiger partial charge in [-0.1, -0.05) is 30.3 Å². The van der Waals surface area contributed by atoms with Crippen LogP contribution in [-0.2, 0) is 21.4 Å². The van der Waals surface area contributed by atoms with Gasteiger partial charge in [0, 0.05) is 44.3 Å². The summed E-state index contributed by atoms with van der Waals surface area (Å²) in [5, 5.41) is 3.22. The number of benzene rings is 2. The van der Waals surface area contributed by atoms with Gasteiger partial charge < -0.3 is 19.9 Å². The molecule has 2 amide bonds. The molecule has 2 aromatic carbocycles. The number of nitrogens with zero attached hydrogens (tertiary/aromatic N) is 2. The molecule has 6 heteroatoms. The van der Waals surface area contributed by atoms with Crippen molar-refractivity contribution >= 4 is 17.5 Å². The highest BCUT2D eigenvalue weighted by atomic mass is 16.5. The Hall–Kier alpha value is -3.02. The summed E-state index contributed by atoms with van der Waals surface area (Å²) in [7, 11) is 1.64. The number of carbonyl (C=O) groups is 2. The first-order chi connectivity index (χ1) is 16.1. The van der Waals surface area contributed by atoms with E-state index < -0.39 is 5.41 Å². The Morgan fingerprint density at radius 2 is 2.06 bits per heavy atom. The number of methoxy groups -OCH3 is 1. The van der Waals surface area contributed by atoms with Crippen LogP contribution in [0.1, 0.15) is 43.2 Å². The fraction of sp³-hybridized carbons (Fsp3) is 0.481. The molecule has 174 valence electrons. The maximum atomic E-state index is 13.7. The zero-order valence-electron chi connectivity index (χ0n) is 19.4. The second-order valence-electron chi connectivity index (χ2n) is 9.56. The van der Waals surface area contributed by atoms with Crippen molar-refractivity contribution in [2.75, 3.05) is 38.2 Å². The molecule has 2 saturated heterocycles. The highest BCUT2D eigenvalue weighted by molar-refractivity contribution is 5.91. The molecule has 2 atom stereocenters. The Kier molecular flexibility index (Phi) is 6.00. The molecule has 2 fully saturated rings. The van der Waals surface area contributed by atoms with Crippen LogP contribution in [0.2, 0.25) is 0 Å². The topological polar surface area (TPSA) is 61.9 Å². The minimum absolute atomic E-state index is 0.0250. The van der Waals surface area contributed by atoms with Crippen LogP contribution in [0, 0.1) is 0 Å². The van der Waals surface area contributed by atoms with E-state index in [0.29, 0.717) is 25.9 Å². The normalized spacial score (nSPS) is 23.9. The van der Waals surface area contributed by atoms with Gasteiger partial charge >= 0.3 is 0 Å². The molecule has 0 bridgehead atoms. The average molecular weight is 448 g/mol. The molecule has 3 heterocycles. The second kappa shape index (κ2) is 9.08. The van der Waals surface area contributed by atoms with Crippen molar-refractivity contribution < 1.29 is 14.3 Å². The molecule has 0 aromatic heterocycles. The van der Waals surface area contributed by atoms with Crippen LogP contribution in [0.4, 0.5) is 5.69 Å². The first-order valence-electron chi connectivity index (χ1n) is 12.2. The monoisotopic (exact) mass is 447 g/mol. The van der Waals surface area contributed by atoms with Crippen LogP contribution >= 0.6 is 0 Å². The number of nitrogens with one attached hydrogen (secondary N) is 1. The van der Waals surface area contributed by atoms with E-state index in [4.69, 9.17) is 4.74 Å². The van der Waals surface area contributed by atoms with Crippen LogP contribution in [0.25, 0.3) is 0 Å². The molecule has 3 aliphatic rings. The third kappa shape index (κ3) is 4.07. The number of hydrogen-bond acceptors (Lipinski definition) is 4. The van der Waals surface area contributed by atoms with Gasteiger partial charge in [0.15, 0.2) is 0 Å². The van der Waals surface area contributed by atoms with Gasteiger partial charge in [-0.3, -0.25) is 9.59 Å². The van der Waals surface area contributed by atoms with Gasteiger partial charge in [0.2, 0.25) is 11.8 Å². The van der Waals surface area contributed by atoms with E-state index in [9.17, 15) is 9.59 Å². The Morgan fingerprint density at radius 3 is 2.91 bits per heavy atom. The second-order valence-corrected chi connectivity index (χ2v) is 9.56. The summed E-state index contributed by atoms with van der Waals surface area (Å²) >= 11 is 0. The molecule has 6 nitrogen and oxygen atoms in total. The number of rotatable bonds is 7. The molecule has 0 unspecified atom stereocenters. The molecule has 1 N–H and O–H groups in total. The van der Waals surface area contributed by atoms with Crippen molar-refractivity contribution in [3.05, 3.63) is 59.7 Å². The number of anilines is 1. The predicted octanol–water partition coefficient (Wildman–Crippen LogP) is 3.29. The maximum Gasteiger partial charge on any atom is 0.232 e. The van der Waals surface area contributed by atoms with Crippen LogP contribution in [0.15, 0.2) is 48.5 Å². The number of ether oxygens (including phenoxy) is 1. The molecule has 0 aliphatic carbocycles. The van der Waals surface area contributed by atoms with Gasteiger partial charge in [0.05, 0.1) is 12.5 Å². The minimum Gasteiger partial charge on any atom is -0.497 e. The number of amides is 2. The van der Waals surface area contributed by atoms with E-state index in [-0.39, 0.29) is 17.9 Å². The highest BCUT2D eigenvalue weighted by Crippen LogP contribution is 2.43. The van der Waals surface area contributed by atoms with Gasteiger partial charge in [0.25, 0.3) is 0 Å². The van der Waals surface area contributed by atoms with Gasteiger partial charge in [-0.25, -0.2) is 0 Å². The molecule has 0 saturated carbocycles. The minimum atomic E-state index is -0.715. The van der Waals surface area contributed by atoms with E-state index >= 15 is 0 Å². The van der Waals surface area contributed by atoms with Crippen molar-refractivity contribution in [1.29, 1.82) is 0 Å². The molecule has 33 heavy (non-hydrogen) atoms. The fourth-order valence-corrected chi connectivity index (χ4v) is 5.89. The molecule has 0 spiro atoms. The van der Waals surface area contributed by atoms with Gasteiger partial charge in [0.1, 0.15) is 5.75 Å². The number of aryl methyl sites for hydroxylation is 1. The lowest BCUT2D eigenvalue weighted by molar-refractivity contribution is -0.129. The summed E-state index contributed by atoms with van der Waals surface area (Å²) in [6.07, 6.45) is 5.32. The lowest BCUT2D eigenvalue weighted by atomic mass is 9.76. The standard InChI is InChI=1S/C27H33N3O3/c1-33-23-10-4-9-21(17-23)27(18-22-12-13-25(31)30(22)19-27)26(32)28-14-6-16-29-15-5-8-20-7-2-3-11-24(20)29/h2-4,7,9-11,17,22H,5-6,8,12-16,18-19H2,1H3,(H,28,32)/t22-,27-/m0/s1. The van der Waals surface area contributed by atoms with Gasteiger partial charge in [-0.05, 0) is 61.4 Å². The van der Waals surface area contributed by atoms with E-state index in [1.807, 2.05) is 29.2 Å². The Bertz CT molecular complexity index is 1040. The summed E-state index contributed by atoms with van der Waals surface area (Å²) in [5.41, 5.74) is 2.97. The lowest BCUT2D eigenvalue weighted by Gasteiger charge is -2.32. The number of hydrogen-bond donors (Lipinski definition) is 1. The van der Waals surface area contributed by atoms with E-state index in [1.165, 1.54) is 17.7 Å². The molecular weight excluding hydrogens is 414 g/mol. The van der Waals surface area contributed by atoms with Gasteiger partial charge in [-0.15, -0.1) is 0 Å². The van der Waals surface area contributed by atoms with Crippen molar-refractivity contribution in [2.24, 2.45) is 0 Å². The largest absolute Gasteiger partial charge is 0.497 e. The summed E-state index contributed by atoms with van der Waals surface area (Å²) in [6.45, 7) is 3.07. The van der Waals surface area contributed by atoms with Crippen LogP contribution in [0.5, 0.6) is 5.75 Å². The van der Waals surface area contributed by atoms with Crippen LogP contribution in [-0.4, -0.2) is 56.0 Å².